The van der Waals surface area contributed by atoms with Crippen LogP contribution in [0.4, 0.5) is 0 Å². The molecule has 0 bridgehead atoms. The zero-order valence-corrected chi connectivity index (χ0v) is 13.4. The Balaban J connectivity index is 2.16. The molecule has 0 amide bonds. The predicted octanol–water partition coefficient (Wildman–Crippen LogP) is 2.97. The smallest absolute Gasteiger partial charge is 0.310 e. The number of nitrogens with one attached hydrogen (secondary N) is 1. The number of halogens is 1. The molecule has 5 nitrogen and oxygen atoms in total. The Morgan fingerprint density at radius 1 is 1.33 bits per heavy atom. The molecule has 0 atom stereocenters. The first-order chi connectivity index (χ1) is 9.63. The third kappa shape index (κ3) is 3.04. The summed E-state index contributed by atoms with van der Waals surface area (Å²) in [6, 6.07) is 3.64. The van der Waals surface area contributed by atoms with Gasteiger partial charge in [-0.1, -0.05) is 11.6 Å². The van der Waals surface area contributed by atoms with Crippen molar-refractivity contribution >= 4 is 23.2 Å². The Morgan fingerprint density at radius 2 is 2.00 bits per heavy atom. The van der Waals surface area contributed by atoms with Gasteiger partial charge in [0.25, 0.3) is 0 Å². The summed E-state index contributed by atoms with van der Waals surface area (Å²) in [6.07, 6.45) is 3.68. The van der Waals surface area contributed by atoms with E-state index in [-0.39, 0.29) is 0 Å². The van der Waals surface area contributed by atoms with E-state index < -0.39 is 16.9 Å². The van der Waals surface area contributed by atoms with Gasteiger partial charge >= 0.3 is 5.97 Å². The molecule has 6 heteroatoms. The van der Waals surface area contributed by atoms with Crippen molar-refractivity contribution in [1.29, 1.82) is 0 Å². The van der Waals surface area contributed by atoms with E-state index in [1.807, 2.05) is 30.5 Å². The molecule has 0 unspecified atom stereocenters. The number of nitrogens with zero attached hydrogens (tertiary/aromatic N) is 2. The van der Waals surface area contributed by atoms with Crippen molar-refractivity contribution in [3.05, 3.63) is 35.2 Å². The highest BCUT2D eigenvalue weighted by Crippen LogP contribution is 2.31. The number of aliphatic carboxylic acids is 1. The van der Waals surface area contributed by atoms with Crippen LogP contribution >= 0.6 is 11.6 Å². The summed E-state index contributed by atoms with van der Waals surface area (Å²) in [6.45, 7) is 7.68. The normalized spacial score (nSPS) is 12.8. The maximum atomic E-state index is 11.4. The average molecular weight is 310 g/mol. The molecule has 21 heavy (non-hydrogen) atoms. The monoisotopic (exact) mass is 309 g/mol. The summed E-state index contributed by atoms with van der Waals surface area (Å²) in [4.78, 5) is 15.9. The van der Waals surface area contributed by atoms with Crippen LogP contribution in [0.5, 0.6) is 0 Å². The van der Waals surface area contributed by atoms with Gasteiger partial charge in [0, 0.05) is 24.5 Å². The predicted molar refractivity (Wildman–Crippen MR) is 82.5 cm³/mol. The Bertz CT molecular complexity index is 677. The molecular weight excluding hydrogens is 290 g/mol. The number of fused-ring (bicyclic) bond motifs is 1. The number of carboxylic acids is 1. The molecule has 2 rings (SSSR count). The summed E-state index contributed by atoms with van der Waals surface area (Å²) < 4.78 is 1.86. The van der Waals surface area contributed by atoms with Crippen molar-refractivity contribution in [2.45, 2.75) is 39.8 Å². The fourth-order valence-electron chi connectivity index (χ4n) is 1.90. The number of rotatable bonds is 5. The van der Waals surface area contributed by atoms with Crippen LogP contribution < -0.4 is 5.32 Å². The van der Waals surface area contributed by atoms with Gasteiger partial charge in [0.2, 0.25) is 0 Å². The van der Waals surface area contributed by atoms with Crippen LogP contribution in [0.15, 0.2) is 24.5 Å². The molecule has 2 aromatic heterocycles. The fourth-order valence-corrected chi connectivity index (χ4v) is 2.07. The van der Waals surface area contributed by atoms with E-state index in [9.17, 15) is 9.90 Å². The van der Waals surface area contributed by atoms with Crippen LogP contribution in [0.2, 0.25) is 5.02 Å². The maximum Gasteiger partial charge on any atom is 0.310 e. The zero-order valence-electron chi connectivity index (χ0n) is 12.6. The summed E-state index contributed by atoms with van der Waals surface area (Å²) in [7, 11) is 0. The van der Waals surface area contributed by atoms with E-state index in [0.29, 0.717) is 11.6 Å². The highest BCUT2D eigenvalue weighted by Gasteiger charge is 2.43. The van der Waals surface area contributed by atoms with Crippen LogP contribution in [0.1, 0.15) is 33.4 Å². The van der Waals surface area contributed by atoms with Crippen molar-refractivity contribution in [3.63, 3.8) is 0 Å². The molecule has 0 aliphatic heterocycles. The Hall–Kier alpha value is -1.59. The maximum absolute atomic E-state index is 11.4. The van der Waals surface area contributed by atoms with E-state index in [4.69, 9.17) is 11.6 Å². The van der Waals surface area contributed by atoms with E-state index >= 15 is 0 Å². The van der Waals surface area contributed by atoms with Gasteiger partial charge in [-0.15, -0.1) is 0 Å². The molecule has 0 aliphatic rings. The first-order valence-electron chi connectivity index (χ1n) is 6.75. The number of hydrogen-bond acceptors (Lipinski definition) is 3. The van der Waals surface area contributed by atoms with Crippen LogP contribution in [0.3, 0.4) is 0 Å². The fraction of sp³-hybridized carbons (Fsp3) is 0.467. The average Bonchev–Trinajstić information content (AvgIpc) is 2.78. The van der Waals surface area contributed by atoms with Crippen LogP contribution in [-0.2, 0) is 11.3 Å². The molecular formula is C15H20ClN3O2. The lowest BCUT2D eigenvalue weighted by atomic mass is 9.74. The quantitative estimate of drug-likeness (QED) is 0.891. The molecule has 0 saturated carbocycles. The van der Waals surface area contributed by atoms with Gasteiger partial charge in [0.15, 0.2) is 0 Å². The molecule has 0 radical (unpaired) electrons. The van der Waals surface area contributed by atoms with Crippen molar-refractivity contribution in [2.75, 3.05) is 0 Å². The number of pyridine rings is 1. The first kappa shape index (κ1) is 15.8. The Morgan fingerprint density at radius 3 is 2.62 bits per heavy atom. The lowest BCUT2D eigenvalue weighted by Gasteiger charge is -2.38. The zero-order chi connectivity index (χ0) is 15.8. The third-order valence-electron chi connectivity index (χ3n) is 4.27. The number of hydrogen-bond donors (Lipinski definition) is 2. The molecule has 0 saturated heterocycles. The highest BCUT2D eigenvalue weighted by atomic mass is 35.5. The minimum Gasteiger partial charge on any atom is -0.481 e. The van der Waals surface area contributed by atoms with Gasteiger partial charge in [-0.2, -0.15) is 0 Å². The van der Waals surface area contributed by atoms with Crippen LogP contribution in [0, 0.1) is 5.41 Å². The van der Waals surface area contributed by atoms with Gasteiger partial charge in [0.05, 0.1) is 16.1 Å². The lowest BCUT2D eigenvalue weighted by molar-refractivity contribution is -0.151. The number of carbonyl (C=O) groups is 1. The second-order valence-corrected chi connectivity index (χ2v) is 6.69. The van der Waals surface area contributed by atoms with E-state index in [2.05, 4.69) is 10.3 Å². The van der Waals surface area contributed by atoms with Crippen LogP contribution in [0.25, 0.3) is 5.65 Å². The van der Waals surface area contributed by atoms with Gasteiger partial charge in [-0.3, -0.25) is 4.79 Å². The molecule has 0 spiro atoms. The van der Waals surface area contributed by atoms with Crippen molar-refractivity contribution in [3.8, 4) is 0 Å². The number of imidazole rings is 1. The molecule has 0 aliphatic carbocycles. The molecule has 0 aromatic carbocycles. The minimum absolute atomic E-state index is 0.489. The topological polar surface area (TPSA) is 66.6 Å². The number of carboxylic acid groups (broad SMARTS) is 1. The molecule has 2 heterocycles. The van der Waals surface area contributed by atoms with Gasteiger partial charge < -0.3 is 14.8 Å². The highest BCUT2D eigenvalue weighted by molar-refractivity contribution is 6.30. The third-order valence-corrected chi connectivity index (χ3v) is 4.50. The first-order valence-corrected chi connectivity index (χ1v) is 7.13. The van der Waals surface area contributed by atoms with E-state index in [1.165, 1.54) is 0 Å². The Kier molecular flexibility index (Phi) is 4.00. The molecule has 114 valence electrons. The van der Waals surface area contributed by atoms with Crippen LogP contribution in [-0.4, -0.2) is 26.0 Å². The minimum atomic E-state index is -0.893. The SMILES string of the molecule is CC(C)(NCc1cn2cc(Cl)ccc2n1)C(C)(C)C(=O)O. The second-order valence-electron chi connectivity index (χ2n) is 6.25. The summed E-state index contributed by atoms with van der Waals surface area (Å²) in [5.74, 6) is -0.832. The molecule has 2 N–H and O–H groups in total. The van der Waals surface area contributed by atoms with E-state index in [0.717, 1.165) is 11.3 Å². The van der Waals surface area contributed by atoms with Gasteiger partial charge in [-0.25, -0.2) is 4.98 Å². The number of aromatic nitrogens is 2. The van der Waals surface area contributed by atoms with Gasteiger partial charge in [-0.05, 0) is 39.8 Å². The molecule has 2 aromatic rings. The van der Waals surface area contributed by atoms with Crippen molar-refractivity contribution in [2.24, 2.45) is 5.41 Å². The van der Waals surface area contributed by atoms with E-state index in [1.54, 1.807) is 26.1 Å². The largest absolute Gasteiger partial charge is 0.481 e. The Labute approximate surface area is 128 Å². The van der Waals surface area contributed by atoms with Crippen molar-refractivity contribution in [1.82, 2.24) is 14.7 Å². The standard InChI is InChI=1S/C15H20ClN3O2/c1-14(2,13(20)21)15(3,4)17-7-11-9-19-8-10(16)5-6-12(19)18-11/h5-6,8-9,17H,7H2,1-4H3,(H,20,21). The second kappa shape index (κ2) is 5.31. The molecule has 0 fully saturated rings. The summed E-state index contributed by atoms with van der Waals surface area (Å²) in [5.41, 5.74) is 0.180. The van der Waals surface area contributed by atoms with Gasteiger partial charge in [0.1, 0.15) is 5.65 Å². The lowest BCUT2D eigenvalue weighted by Crippen LogP contribution is -2.54. The summed E-state index contributed by atoms with van der Waals surface area (Å²) in [5, 5.41) is 13.3. The van der Waals surface area contributed by atoms with Crippen molar-refractivity contribution < 1.29 is 9.90 Å². The summed E-state index contributed by atoms with van der Waals surface area (Å²) >= 11 is 5.94.